The van der Waals surface area contributed by atoms with Gasteiger partial charge in [-0.25, -0.2) is 4.98 Å². The highest BCUT2D eigenvalue weighted by molar-refractivity contribution is 5.88. The second-order valence-corrected chi connectivity index (χ2v) is 7.27. The molecule has 5 aromatic rings. The maximum absolute atomic E-state index is 8.77. The summed E-state index contributed by atoms with van der Waals surface area (Å²) in [6, 6.07) is 11.7. The molecule has 3 aromatic heterocycles. The molecule has 5 rings (SSSR count). The zero-order valence-electron chi connectivity index (χ0n) is 17.3. The van der Waals surface area contributed by atoms with E-state index < -0.39 is 0 Å². The predicted molar refractivity (Wildman–Crippen MR) is 123 cm³/mol. The van der Waals surface area contributed by atoms with Crippen LogP contribution in [0.4, 0.5) is 23.1 Å². The van der Waals surface area contributed by atoms with Crippen molar-refractivity contribution in [1.82, 2.24) is 35.3 Å². The van der Waals surface area contributed by atoms with Gasteiger partial charge in [-0.3, -0.25) is 0 Å². The van der Waals surface area contributed by atoms with Gasteiger partial charge in [0, 0.05) is 17.5 Å². The summed E-state index contributed by atoms with van der Waals surface area (Å²) in [4.78, 5) is 16.6. The fraction of sp³-hybridized carbons (Fsp3) is 0.0909. The van der Waals surface area contributed by atoms with Gasteiger partial charge in [-0.1, -0.05) is 0 Å². The van der Waals surface area contributed by atoms with Crippen molar-refractivity contribution in [2.75, 3.05) is 10.6 Å². The van der Waals surface area contributed by atoms with Crippen LogP contribution in [0, 0.1) is 25.2 Å². The number of nitriles is 1. The SMILES string of the molecule is Cc1cc(/C=C/C#N)cc(C)c1Nc1nc(Nc2ccc3n[nH]nc3c2)c2[nH]cnc2n1. The smallest absolute Gasteiger partial charge is 0.231 e. The summed E-state index contributed by atoms with van der Waals surface area (Å²) in [7, 11) is 0. The molecule has 0 bridgehead atoms. The number of aromatic nitrogens is 7. The van der Waals surface area contributed by atoms with E-state index in [1.165, 1.54) is 6.08 Å². The molecule has 0 saturated heterocycles. The Morgan fingerprint density at radius 1 is 1.00 bits per heavy atom. The molecule has 2 aromatic carbocycles. The van der Waals surface area contributed by atoms with Crippen molar-refractivity contribution in [3.05, 3.63) is 59.4 Å². The third-order valence-corrected chi connectivity index (χ3v) is 5.01. The minimum absolute atomic E-state index is 0.418. The standard InChI is InChI=1S/C22H18N10/c1-12-8-14(4-3-7-23)9-13(2)18(12)27-22-28-20-19(24-11-25-20)21(29-22)26-15-5-6-16-17(10-15)31-32-30-16/h3-6,8-11H,1-2H3,(H,30,31,32)(H3,24,25,26,27,28,29)/b4-3+. The molecule has 10 heteroatoms. The summed E-state index contributed by atoms with van der Waals surface area (Å²) in [5.74, 6) is 1.00. The Labute approximate surface area is 182 Å². The fourth-order valence-electron chi connectivity index (χ4n) is 3.57. The summed E-state index contributed by atoms with van der Waals surface area (Å²) in [5, 5.41) is 26.2. The minimum atomic E-state index is 0.418. The van der Waals surface area contributed by atoms with Crippen molar-refractivity contribution in [3.63, 3.8) is 0 Å². The Bertz CT molecular complexity index is 1500. The van der Waals surface area contributed by atoms with Gasteiger partial charge in [0.15, 0.2) is 11.5 Å². The van der Waals surface area contributed by atoms with E-state index in [1.807, 2.05) is 50.2 Å². The molecular formula is C22H18N10. The zero-order chi connectivity index (χ0) is 22.1. The quantitative estimate of drug-likeness (QED) is 0.307. The first-order valence-electron chi connectivity index (χ1n) is 9.84. The van der Waals surface area contributed by atoms with Gasteiger partial charge in [0.1, 0.15) is 16.6 Å². The van der Waals surface area contributed by atoms with Crippen molar-refractivity contribution < 1.29 is 0 Å². The number of imidazole rings is 1. The molecule has 0 saturated carbocycles. The largest absolute Gasteiger partial charge is 0.340 e. The molecule has 0 aliphatic rings. The topological polar surface area (TPSA) is 144 Å². The van der Waals surface area contributed by atoms with Crippen LogP contribution in [0.25, 0.3) is 28.3 Å². The normalized spacial score (nSPS) is 11.3. The Balaban J connectivity index is 1.50. The van der Waals surface area contributed by atoms with Crippen LogP contribution in [-0.4, -0.2) is 35.3 Å². The molecule has 0 aliphatic heterocycles. The number of rotatable bonds is 5. The number of nitrogens with one attached hydrogen (secondary N) is 4. The van der Waals surface area contributed by atoms with E-state index >= 15 is 0 Å². The molecule has 0 amide bonds. The minimum Gasteiger partial charge on any atom is -0.340 e. The maximum Gasteiger partial charge on any atom is 0.231 e. The van der Waals surface area contributed by atoms with Crippen LogP contribution < -0.4 is 10.6 Å². The molecule has 3 heterocycles. The van der Waals surface area contributed by atoms with Gasteiger partial charge >= 0.3 is 0 Å². The number of aryl methyl sites for hydroxylation is 2. The van der Waals surface area contributed by atoms with Crippen molar-refractivity contribution in [3.8, 4) is 6.07 Å². The van der Waals surface area contributed by atoms with E-state index in [1.54, 1.807) is 12.4 Å². The molecule has 0 atom stereocenters. The van der Waals surface area contributed by atoms with Gasteiger partial charge < -0.3 is 15.6 Å². The van der Waals surface area contributed by atoms with Crippen LogP contribution in [0.15, 0.2) is 42.7 Å². The Hall–Kier alpha value is -4.78. The van der Waals surface area contributed by atoms with Crippen LogP contribution in [0.3, 0.4) is 0 Å². The lowest BCUT2D eigenvalue weighted by Crippen LogP contribution is -2.04. The average Bonchev–Trinajstić information content (AvgIpc) is 3.44. The monoisotopic (exact) mass is 422 g/mol. The molecule has 0 radical (unpaired) electrons. The number of H-pyrrole nitrogens is 2. The maximum atomic E-state index is 8.77. The highest BCUT2D eigenvalue weighted by Gasteiger charge is 2.13. The Morgan fingerprint density at radius 2 is 1.81 bits per heavy atom. The van der Waals surface area contributed by atoms with E-state index in [-0.39, 0.29) is 0 Å². The van der Waals surface area contributed by atoms with Crippen molar-refractivity contribution >= 4 is 51.4 Å². The van der Waals surface area contributed by atoms with Crippen molar-refractivity contribution in [1.29, 1.82) is 5.26 Å². The number of anilines is 4. The molecule has 32 heavy (non-hydrogen) atoms. The zero-order valence-corrected chi connectivity index (χ0v) is 17.3. The fourth-order valence-corrected chi connectivity index (χ4v) is 3.57. The molecule has 10 nitrogen and oxygen atoms in total. The van der Waals surface area contributed by atoms with Crippen LogP contribution >= 0.6 is 0 Å². The summed E-state index contributed by atoms with van der Waals surface area (Å²) >= 11 is 0. The van der Waals surface area contributed by atoms with Crippen molar-refractivity contribution in [2.45, 2.75) is 13.8 Å². The summed E-state index contributed by atoms with van der Waals surface area (Å²) < 4.78 is 0. The number of hydrogen-bond donors (Lipinski definition) is 4. The molecule has 4 N–H and O–H groups in total. The van der Waals surface area contributed by atoms with E-state index in [2.05, 4.69) is 46.0 Å². The van der Waals surface area contributed by atoms with Gasteiger partial charge in [0.25, 0.3) is 0 Å². The van der Waals surface area contributed by atoms with Gasteiger partial charge in [-0.05, 0) is 66.9 Å². The second-order valence-electron chi connectivity index (χ2n) is 7.27. The van der Waals surface area contributed by atoms with E-state index in [0.29, 0.717) is 22.9 Å². The number of fused-ring (bicyclic) bond motifs is 2. The number of benzene rings is 2. The lowest BCUT2D eigenvalue weighted by atomic mass is 10.0. The average molecular weight is 422 g/mol. The lowest BCUT2D eigenvalue weighted by molar-refractivity contribution is 0.959. The van der Waals surface area contributed by atoms with E-state index in [0.717, 1.165) is 39.1 Å². The molecule has 0 unspecified atom stereocenters. The van der Waals surface area contributed by atoms with Gasteiger partial charge in [-0.2, -0.15) is 30.6 Å². The molecular weight excluding hydrogens is 404 g/mol. The first-order valence-corrected chi connectivity index (χ1v) is 9.84. The Kier molecular flexibility index (Phi) is 4.68. The molecule has 156 valence electrons. The van der Waals surface area contributed by atoms with Gasteiger partial charge in [-0.15, -0.1) is 0 Å². The van der Waals surface area contributed by atoms with Crippen LogP contribution in [0.2, 0.25) is 0 Å². The van der Waals surface area contributed by atoms with Gasteiger partial charge in [0.2, 0.25) is 5.95 Å². The van der Waals surface area contributed by atoms with Gasteiger partial charge in [0.05, 0.1) is 12.4 Å². The Morgan fingerprint density at radius 3 is 2.62 bits per heavy atom. The predicted octanol–water partition coefficient (Wildman–Crippen LogP) is 4.27. The third kappa shape index (κ3) is 3.59. The summed E-state index contributed by atoms with van der Waals surface area (Å²) in [5.41, 5.74) is 7.47. The van der Waals surface area contributed by atoms with E-state index in [4.69, 9.17) is 5.26 Å². The number of allylic oxidation sites excluding steroid dienone is 1. The van der Waals surface area contributed by atoms with E-state index in [9.17, 15) is 0 Å². The first-order chi connectivity index (χ1) is 15.6. The van der Waals surface area contributed by atoms with Crippen LogP contribution in [-0.2, 0) is 0 Å². The number of aromatic amines is 2. The molecule has 0 fully saturated rings. The number of hydrogen-bond acceptors (Lipinski definition) is 8. The first kappa shape index (κ1) is 19.2. The van der Waals surface area contributed by atoms with Crippen LogP contribution in [0.1, 0.15) is 16.7 Å². The second kappa shape index (κ2) is 7.81. The highest BCUT2D eigenvalue weighted by Crippen LogP contribution is 2.28. The summed E-state index contributed by atoms with van der Waals surface area (Å²) in [6.45, 7) is 4.00. The highest BCUT2D eigenvalue weighted by atomic mass is 15.3. The molecule has 0 aliphatic carbocycles. The number of nitrogens with zero attached hydrogens (tertiary/aromatic N) is 6. The van der Waals surface area contributed by atoms with Crippen molar-refractivity contribution in [2.24, 2.45) is 0 Å². The third-order valence-electron chi connectivity index (χ3n) is 5.01. The lowest BCUT2D eigenvalue weighted by Gasteiger charge is -2.14. The van der Waals surface area contributed by atoms with Crippen LogP contribution in [0.5, 0.6) is 0 Å². The molecule has 0 spiro atoms. The summed E-state index contributed by atoms with van der Waals surface area (Å²) in [6.07, 6.45) is 4.83.